The van der Waals surface area contributed by atoms with E-state index in [1.54, 1.807) is 38.4 Å². The van der Waals surface area contributed by atoms with Crippen molar-refractivity contribution in [3.63, 3.8) is 0 Å². The summed E-state index contributed by atoms with van der Waals surface area (Å²) in [5.74, 6) is 0.713. The Labute approximate surface area is 148 Å². The van der Waals surface area contributed by atoms with Gasteiger partial charge in [-0.3, -0.25) is 9.59 Å². The van der Waals surface area contributed by atoms with Gasteiger partial charge in [0.05, 0.1) is 0 Å². The fraction of sp³-hybridized carbons (Fsp3) is 0.300. The van der Waals surface area contributed by atoms with Crippen LogP contribution in [0.4, 0.5) is 5.69 Å². The van der Waals surface area contributed by atoms with E-state index in [1.807, 2.05) is 24.3 Å². The number of hydrogen-bond acceptors (Lipinski definition) is 3. The first-order valence-corrected chi connectivity index (χ1v) is 8.21. The van der Waals surface area contributed by atoms with Gasteiger partial charge in [-0.15, -0.1) is 0 Å². The number of nitrogens with zero attached hydrogens (tertiary/aromatic N) is 1. The molecule has 25 heavy (non-hydrogen) atoms. The highest BCUT2D eigenvalue weighted by Gasteiger charge is 2.10. The van der Waals surface area contributed by atoms with E-state index < -0.39 is 0 Å². The zero-order valence-electron chi connectivity index (χ0n) is 15.1. The first-order chi connectivity index (χ1) is 11.9. The van der Waals surface area contributed by atoms with Gasteiger partial charge < -0.3 is 15.0 Å². The number of benzene rings is 2. The zero-order valence-corrected chi connectivity index (χ0v) is 15.1. The number of carbonyl (C=O) groups is 2. The number of amides is 2. The molecule has 0 aliphatic carbocycles. The van der Waals surface area contributed by atoms with E-state index >= 15 is 0 Å². The van der Waals surface area contributed by atoms with Gasteiger partial charge in [0.15, 0.2) is 6.61 Å². The van der Waals surface area contributed by atoms with Crippen LogP contribution in [0.15, 0.2) is 48.5 Å². The van der Waals surface area contributed by atoms with Crippen molar-refractivity contribution < 1.29 is 14.3 Å². The molecule has 0 heterocycles. The van der Waals surface area contributed by atoms with E-state index in [0.29, 0.717) is 22.9 Å². The first kappa shape index (κ1) is 18.5. The lowest BCUT2D eigenvalue weighted by atomic mass is 10.0. The van der Waals surface area contributed by atoms with Crippen LogP contribution in [0.2, 0.25) is 0 Å². The van der Waals surface area contributed by atoms with E-state index in [4.69, 9.17) is 4.74 Å². The van der Waals surface area contributed by atoms with Crippen LogP contribution in [0.5, 0.6) is 5.75 Å². The third-order valence-corrected chi connectivity index (χ3v) is 3.72. The van der Waals surface area contributed by atoms with Crippen LogP contribution in [0, 0.1) is 0 Å². The summed E-state index contributed by atoms with van der Waals surface area (Å²) < 4.78 is 5.50. The minimum atomic E-state index is -0.276. The molecule has 1 N–H and O–H groups in total. The number of rotatable bonds is 6. The average molecular weight is 340 g/mol. The molecule has 0 atom stereocenters. The van der Waals surface area contributed by atoms with Gasteiger partial charge in [-0.25, -0.2) is 0 Å². The molecule has 5 nitrogen and oxygen atoms in total. The van der Waals surface area contributed by atoms with E-state index in [1.165, 1.54) is 10.5 Å². The molecule has 0 radical (unpaired) electrons. The Bertz CT molecular complexity index is 737. The summed E-state index contributed by atoms with van der Waals surface area (Å²) >= 11 is 0. The lowest BCUT2D eigenvalue weighted by molar-refractivity contribution is -0.118. The molecule has 5 heteroatoms. The highest BCUT2D eigenvalue weighted by atomic mass is 16.5. The summed E-state index contributed by atoms with van der Waals surface area (Å²) in [7, 11) is 3.37. The second-order valence-electron chi connectivity index (χ2n) is 6.34. The maximum atomic E-state index is 12.0. The van der Waals surface area contributed by atoms with Crippen molar-refractivity contribution >= 4 is 17.5 Å². The Balaban J connectivity index is 1.92. The molecule has 2 amide bonds. The SMILES string of the molecule is CC(C)c1ccc(OCC(=O)Nc2cccc(C(=O)N(C)C)c2)cc1. The minimum absolute atomic E-state index is 0.0904. The number of hydrogen-bond donors (Lipinski definition) is 1. The molecule has 132 valence electrons. The standard InChI is InChI=1S/C20H24N2O3/c1-14(2)15-8-10-18(11-9-15)25-13-19(23)21-17-7-5-6-16(12-17)20(24)22(3)4/h5-12,14H,13H2,1-4H3,(H,21,23). The summed E-state index contributed by atoms with van der Waals surface area (Å²) in [6.07, 6.45) is 0. The normalized spacial score (nSPS) is 10.4. The Morgan fingerprint density at radius 3 is 2.36 bits per heavy atom. The van der Waals surface area contributed by atoms with Gasteiger partial charge in [0.1, 0.15) is 5.75 Å². The highest BCUT2D eigenvalue weighted by Crippen LogP contribution is 2.18. The van der Waals surface area contributed by atoms with E-state index in [2.05, 4.69) is 19.2 Å². The predicted octanol–water partition coefficient (Wildman–Crippen LogP) is 3.53. The Hall–Kier alpha value is -2.82. The Morgan fingerprint density at radius 2 is 1.76 bits per heavy atom. The molecule has 0 fully saturated rings. The van der Waals surface area contributed by atoms with Crippen molar-refractivity contribution in [1.82, 2.24) is 4.90 Å². The highest BCUT2D eigenvalue weighted by molar-refractivity contribution is 5.97. The van der Waals surface area contributed by atoms with Crippen LogP contribution in [0.25, 0.3) is 0 Å². The summed E-state index contributed by atoms with van der Waals surface area (Å²) in [6, 6.07) is 14.5. The molecule has 2 aromatic rings. The van der Waals surface area contributed by atoms with Gasteiger partial charge in [-0.1, -0.05) is 32.0 Å². The quantitative estimate of drug-likeness (QED) is 0.875. The van der Waals surface area contributed by atoms with Gasteiger partial charge in [0, 0.05) is 25.3 Å². The van der Waals surface area contributed by atoms with Gasteiger partial charge in [0.2, 0.25) is 0 Å². The van der Waals surface area contributed by atoms with Crippen LogP contribution in [0.1, 0.15) is 35.7 Å². The van der Waals surface area contributed by atoms with Crippen molar-refractivity contribution in [2.24, 2.45) is 0 Å². The molecule has 0 aliphatic heterocycles. The van der Waals surface area contributed by atoms with Crippen LogP contribution in [-0.2, 0) is 4.79 Å². The summed E-state index contributed by atoms with van der Waals surface area (Å²) in [6.45, 7) is 4.16. The lowest BCUT2D eigenvalue weighted by Crippen LogP contribution is -2.23. The molecule has 0 saturated carbocycles. The van der Waals surface area contributed by atoms with Crippen molar-refractivity contribution in [2.45, 2.75) is 19.8 Å². The van der Waals surface area contributed by atoms with E-state index in [9.17, 15) is 9.59 Å². The molecule has 0 unspecified atom stereocenters. The monoisotopic (exact) mass is 340 g/mol. The van der Waals surface area contributed by atoms with Crippen LogP contribution < -0.4 is 10.1 Å². The maximum absolute atomic E-state index is 12.0. The molecular formula is C20H24N2O3. The topological polar surface area (TPSA) is 58.6 Å². The predicted molar refractivity (Wildman–Crippen MR) is 99.1 cm³/mol. The second-order valence-corrected chi connectivity index (χ2v) is 6.34. The van der Waals surface area contributed by atoms with Gasteiger partial charge in [-0.2, -0.15) is 0 Å². The molecule has 0 aliphatic rings. The first-order valence-electron chi connectivity index (χ1n) is 8.21. The minimum Gasteiger partial charge on any atom is -0.484 e. The van der Waals surface area contributed by atoms with Crippen molar-refractivity contribution in [3.05, 3.63) is 59.7 Å². The van der Waals surface area contributed by atoms with Crippen LogP contribution >= 0.6 is 0 Å². The number of anilines is 1. The summed E-state index contributed by atoms with van der Waals surface area (Å²) in [5, 5.41) is 2.74. The van der Waals surface area contributed by atoms with E-state index in [-0.39, 0.29) is 18.4 Å². The van der Waals surface area contributed by atoms with Gasteiger partial charge >= 0.3 is 0 Å². The molecule has 2 rings (SSSR count). The van der Waals surface area contributed by atoms with Crippen molar-refractivity contribution in [3.8, 4) is 5.75 Å². The number of nitrogens with one attached hydrogen (secondary N) is 1. The van der Waals surface area contributed by atoms with Crippen LogP contribution in [0.3, 0.4) is 0 Å². The molecule has 2 aromatic carbocycles. The van der Waals surface area contributed by atoms with Crippen LogP contribution in [-0.4, -0.2) is 37.4 Å². The third-order valence-electron chi connectivity index (χ3n) is 3.72. The lowest BCUT2D eigenvalue weighted by Gasteiger charge is -2.12. The van der Waals surface area contributed by atoms with Gasteiger partial charge in [-0.05, 0) is 41.8 Å². The maximum Gasteiger partial charge on any atom is 0.262 e. The molecule has 0 aromatic heterocycles. The fourth-order valence-corrected chi connectivity index (χ4v) is 2.28. The largest absolute Gasteiger partial charge is 0.484 e. The van der Waals surface area contributed by atoms with E-state index in [0.717, 1.165) is 0 Å². The van der Waals surface area contributed by atoms with Crippen molar-refractivity contribution in [2.75, 3.05) is 26.0 Å². The molecule has 0 bridgehead atoms. The summed E-state index contributed by atoms with van der Waals surface area (Å²) in [4.78, 5) is 25.5. The molecule has 0 saturated heterocycles. The summed E-state index contributed by atoms with van der Waals surface area (Å²) in [5.41, 5.74) is 2.31. The van der Waals surface area contributed by atoms with Crippen molar-refractivity contribution in [1.29, 1.82) is 0 Å². The Kier molecular flexibility index (Phi) is 6.17. The molecular weight excluding hydrogens is 316 g/mol. The van der Waals surface area contributed by atoms with Gasteiger partial charge in [0.25, 0.3) is 11.8 Å². The fourth-order valence-electron chi connectivity index (χ4n) is 2.28. The average Bonchev–Trinajstić information content (AvgIpc) is 2.59. The zero-order chi connectivity index (χ0) is 18.4. The Morgan fingerprint density at radius 1 is 1.08 bits per heavy atom. The third kappa shape index (κ3) is 5.35. The number of carbonyl (C=O) groups excluding carboxylic acids is 2. The second kappa shape index (κ2) is 8.33. The molecule has 0 spiro atoms. The smallest absolute Gasteiger partial charge is 0.262 e. The number of ether oxygens (including phenoxy) is 1.